The fourth-order valence-electron chi connectivity index (χ4n) is 2.11. The number of nitrogens with one attached hydrogen (secondary N) is 1. The topological polar surface area (TPSA) is 62.8 Å². The number of thiophene rings is 1. The van der Waals surface area contributed by atoms with E-state index >= 15 is 0 Å². The van der Waals surface area contributed by atoms with Crippen LogP contribution in [0.3, 0.4) is 0 Å². The predicted molar refractivity (Wildman–Crippen MR) is 79.5 cm³/mol. The van der Waals surface area contributed by atoms with Crippen molar-refractivity contribution in [3.8, 4) is 0 Å². The molecule has 20 heavy (non-hydrogen) atoms. The Morgan fingerprint density at radius 1 is 1.30 bits per heavy atom. The molecule has 0 saturated heterocycles. The highest BCUT2D eigenvalue weighted by Gasteiger charge is 2.12. The Balaban J connectivity index is 2.03. The maximum atomic E-state index is 12.1. The van der Waals surface area contributed by atoms with Crippen molar-refractivity contribution >= 4 is 28.0 Å². The van der Waals surface area contributed by atoms with Crippen molar-refractivity contribution in [3.63, 3.8) is 0 Å². The summed E-state index contributed by atoms with van der Waals surface area (Å²) in [4.78, 5) is 31.9. The quantitative estimate of drug-likeness (QED) is 0.752. The predicted octanol–water partition coefficient (Wildman–Crippen LogP) is 2.72. The number of fused-ring (bicyclic) bond motifs is 1. The van der Waals surface area contributed by atoms with Crippen molar-refractivity contribution in [2.75, 3.05) is 0 Å². The minimum Gasteiger partial charge on any atom is -0.310 e. The lowest BCUT2D eigenvalue weighted by Crippen LogP contribution is -2.15. The van der Waals surface area contributed by atoms with E-state index in [0.29, 0.717) is 21.6 Å². The largest absolute Gasteiger partial charge is 0.310 e. The van der Waals surface area contributed by atoms with E-state index < -0.39 is 0 Å². The van der Waals surface area contributed by atoms with E-state index in [9.17, 15) is 9.59 Å². The summed E-state index contributed by atoms with van der Waals surface area (Å²) in [7, 11) is 0. The maximum absolute atomic E-state index is 12.1. The number of para-hydroxylation sites is 1. The minimum atomic E-state index is -0.201. The van der Waals surface area contributed by atoms with Crippen LogP contribution in [0.1, 0.15) is 21.1 Å². The van der Waals surface area contributed by atoms with Crippen LogP contribution in [-0.4, -0.2) is 15.8 Å². The first-order chi connectivity index (χ1) is 9.65. The van der Waals surface area contributed by atoms with Gasteiger partial charge < -0.3 is 4.98 Å². The van der Waals surface area contributed by atoms with Gasteiger partial charge in [0.05, 0.1) is 22.2 Å². The Kier molecular flexibility index (Phi) is 3.20. The molecule has 4 nitrogen and oxygen atoms in total. The highest BCUT2D eigenvalue weighted by Crippen LogP contribution is 2.14. The molecule has 0 aliphatic heterocycles. The first-order valence-electron chi connectivity index (χ1n) is 6.20. The summed E-state index contributed by atoms with van der Waals surface area (Å²) in [6.07, 6.45) is 0.111. The van der Waals surface area contributed by atoms with Gasteiger partial charge in [0.1, 0.15) is 5.82 Å². The van der Waals surface area contributed by atoms with Gasteiger partial charge in [0.15, 0.2) is 5.78 Å². The van der Waals surface area contributed by atoms with E-state index in [4.69, 9.17) is 0 Å². The number of ketones is 1. The van der Waals surface area contributed by atoms with Crippen molar-refractivity contribution in [2.24, 2.45) is 0 Å². The summed E-state index contributed by atoms with van der Waals surface area (Å²) >= 11 is 1.39. The minimum absolute atomic E-state index is 0.0314. The Labute approximate surface area is 119 Å². The number of hydrogen-bond acceptors (Lipinski definition) is 4. The lowest BCUT2D eigenvalue weighted by molar-refractivity contribution is 0.0994. The number of aryl methyl sites for hydroxylation is 1. The molecule has 100 valence electrons. The van der Waals surface area contributed by atoms with Crippen molar-refractivity contribution in [1.82, 2.24) is 9.97 Å². The number of H-pyrrole nitrogens is 1. The molecule has 3 aromatic rings. The molecule has 0 unspecified atom stereocenters. The van der Waals surface area contributed by atoms with Gasteiger partial charge in [-0.25, -0.2) is 4.98 Å². The molecule has 0 atom stereocenters. The molecule has 1 N–H and O–H groups in total. The molecule has 5 heteroatoms. The second-order valence-electron chi connectivity index (χ2n) is 4.56. The zero-order valence-electron chi connectivity index (χ0n) is 10.8. The van der Waals surface area contributed by atoms with Crippen LogP contribution in [0.4, 0.5) is 0 Å². The summed E-state index contributed by atoms with van der Waals surface area (Å²) in [6.45, 7) is 1.90. The third-order valence-electron chi connectivity index (χ3n) is 3.11. The van der Waals surface area contributed by atoms with Gasteiger partial charge >= 0.3 is 0 Å². The van der Waals surface area contributed by atoms with E-state index in [2.05, 4.69) is 9.97 Å². The van der Waals surface area contributed by atoms with Gasteiger partial charge in [-0.1, -0.05) is 18.2 Å². The van der Waals surface area contributed by atoms with Crippen LogP contribution in [0.15, 0.2) is 40.5 Å². The number of hydrogen-bond donors (Lipinski definition) is 1. The van der Waals surface area contributed by atoms with Crippen LogP contribution >= 0.6 is 11.3 Å². The molecule has 2 aromatic heterocycles. The Bertz CT molecular complexity index is 835. The number of rotatable bonds is 3. The molecule has 0 bridgehead atoms. The summed E-state index contributed by atoms with van der Waals surface area (Å²) < 4.78 is 0. The number of carbonyl (C=O) groups excluding carboxylic acids is 1. The summed E-state index contributed by atoms with van der Waals surface area (Å²) in [5.41, 5.74) is 1.39. The molecular formula is C15H12N2O2S. The van der Waals surface area contributed by atoms with Crippen molar-refractivity contribution in [1.29, 1.82) is 0 Å². The normalized spacial score (nSPS) is 10.8. The fraction of sp³-hybridized carbons (Fsp3) is 0.133. The monoisotopic (exact) mass is 284 g/mol. The molecule has 0 radical (unpaired) electrons. The first-order valence-corrected chi connectivity index (χ1v) is 7.08. The highest BCUT2D eigenvalue weighted by molar-refractivity contribution is 7.12. The molecule has 0 aliphatic carbocycles. The average molecular weight is 284 g/mol. The standard InChI is InChI=1S/C15H12N2O2S/c1-9-4-2-5-10-14(9)16-13(17-15(10)19)8-11(18)12-6-3-7-20-12/h2-7H,8H2,1H3,(H,16,17,19). The van der Waals surface area contributed by atoms with Gasteiger partial charge in [0.25, 0.3) is 5.56 Å². The zero-order chi connectivity index (χ0) is 14.1. The van der Waals surface area contributed by atoms with Gasteiger partial charge in [0.2, 0.25) is 0 Å². The fourth-order valence-corrected chi connectivity index (χ4v) is 2.78. The van der Waals surface area contributed by atoms with Crippen LogP contribution in [0, 0.1) is 6.92 Å². The van der Waals surface area contributed by atoms with E-state index in [0.717, 1.165) is 5.56 Å². The number of nitrogens with zero attached hydrogens (tertiary/aromatic N) is 1. The summed E-state index contributed by atoms with van der Waals surface area (Å²) in [5.74, 6) is 0.381. The highest BCUT2D eigenvalue weighted by atomic mass is 32.1. The molecule has 0 saturated carbocycles. The van der Waals surface area contributed by atoms with Gasteiger partial charge in [-0.05, 0) is 30.0 Å². The van der Waals surface area contributed by atoms with Gasteiger partial charge in [0, 0.05) is 0 Å². The van der Waals surface area contributed by atoms with E-state index in [1.165, 1.54) is 11.3 Å². The number of carbonyl (C=O) groups is 1. The van der Waals surface area contributed by atoms with Crippen LogP contribution in [0.25, 0.3) is 10.9 Å². The zero-order valence-corrected chi connectivity index (χ0v) is 11.7. The Morgan fingerprint density at radius 3 is 2.90 bits per heavy atom. The van der Waals surface area contributed by atoms with Crippen molar-refractivity contribution < 1.29 is 4.79 Å². The third-order valence-corrected chi connectivity index (χ3v) is 4.02. The van der Waals surface area contributed by atoms with Crippen LogP contribution in [0.2, 0.25) is 0 Å². The van der Waals surface area contributed by atoms with Gasteiger partial charge in [-0.2, -0.15) is 0 Å². The van der Waals surface area contributed by atoms with Crippen LogP contribution in [0.5, 0.6) is 0 Å². The SMILES string of the molecule is Cc1cccc2c(=O)[nH]c(CC(=O)c3cccs3)nc12. The number of aromatic nitrogens is 2. The summed E-state index contributed by atoms with van der Waals surface area (Å²) in [5, 5.41) is 2.41. The van der Waals surface area contributed by atoms with Gasteiger partial charge in [-0.3, -0.25) is 9.59 Å². The number of aromatic amines is 1. The second-order valence-corrected chi connectivity index (χ2v) is 5.51. The lowest BCUT2D eigenvalue weighted by Gasteiger charge is -2.04. The molecule has 0 fully saturated rings. The van der Waals surface area contributed by atoms with Crippen LogP contribution < -0.4 is 5.56 Å². The number of benzene rings is 1. The molecule has 2 heterocycles. The summed E-state index contributed by atoms with van der Waals surface area (Å²) in [6, 6.07) is 9.07. The lowest BCUT2D eigenvalue weighted by atomic mass is 10.1. The van der Waals surface area contributed by atoms with E-state index in [-0.39, 0.29) is 17.8 Å². The van der Waals surface area contributed by atoms with Gasteiger partial charge in [-0.15, -0.1) is 11.3 Å². The van der Waals surface area contributed by atoms with Crippen molar-refractivity contribution in [2.45, 2.75) is 13.3 Å². The molecule has 0 amide bonds. The Hall–Kier alpha value is -2.27. The number of Topliss-reactive ketones (excluding diaryl/α,β-unsaturated/α-hetero) is 1. The molecule has 0 spiro atoms. The third kappa shape index (κ3) is 2.28. The maximum Gasteiger partial charge on any atom is 0.258 e. The second kappa shape index (κ2) is 5.02. The molecule has 3 rings (SSSR count). The first kappa shape index (κ1) is 12.7. The Morgan fingerprint density at radius 2 is 2.15 bits per heavy atom. The van der Waals surface area contributed by atoms with Crippen LogP contribution in [-0.2, 0) is 6.42 Å². The van der Waals surface area contributed by atoms with E-state index in [1.807, 2.05) is 30.5 Å². The molecule has 0 aliphatic rings. The van der Waals surface area contributed by atoms with Crippen molar-refractivity contribution in [3.05, 3.63) is 62.3 Å². The van der Waals surface area contributed by atoms with E-state index in [1.54, 1.807) is 12.1 Å². The smallest absolute Gasteiger partial charge is 0.258 e. The molecular weight excluding hydrogens is 272 g/mol. The molecule has 1 aromatic carbocycles. The average Bonchev–Trinajstić information content (AvgIpc) is 2.94.